The molecule has 1 aliphatic heterocycles. The van der Waals surface area contributed by atoms with Crippen LogP contribution in [0.2, 0.25) is 0 Å². The molecule has 1 fully saturated rings. The Morgan fingerprint density at radius 2 is 1.89 bits per heavy atom. The average Bonchev–Trinajstić information content (AvgIpc) is 2.48. The van der Waals surface area contributed by atoms with E-state index in [0.717, 1.165) is 43.5 Å². The minimum Gasteiger partial charge on any atom is -0.396 e. The molecule has 1 aliphatic rings. The summed E-state index contributed by atoms with van der Waals surface area (Å²) in [6.45, 7) is 2.35. The number of hydrogen-bond acceptors (Lipinski definition) is 3. The molecule has 0 unspecified atom stereocenters. The molecule has 1 heterocycles. The summed E-state index contributed by atoms with van der Waals surface area (Å²) in [5, 5.41) is 9.10. The van der Waals surface area contributed by atoms with Crippen molar-refractivity contribution in [1.29, 1.82) is 0 Å². The van der Waals surface area contributed by atoms with E-state index in [2.05, 4.69) is 0 Å². The van der Waals surface area contributed by atoms with Crippen LogP contribution in [0.5, 0.6) is 0 Å². The first-order chi connectivity index (χ1) is 9.24. The average molecular weight is 262 g/mol. The summed E-state index contributed by atoms with van der Waals surface area (Å²) < 4.78 is 0. The minimum absolute atomic E-state index is 0.0932. The van der Waals surface area contributed by atoms with Gasteiger partial charge in [0.15, 0.2) is 0 Å². The Labute approximate surface area is 114 Å². The summed E-state index contributed by atoms with van der Waals surface area (Å²) in [7, 11) is 0. The lowest BCUT2D eigenvalue weighted by Crippen LogP contribution is -2.39. The number of aliphatic hydroxyl groups is 1. The van der Waals surface area contributed by atoms with E-state index in [-0.39, 0.29) is 12.5 Å². The second kappa shape index (κ2) is 6.68. The highest BCUT2D eigenvalue weighted by Crippen LogP contribution is 2.18. The van der Waals surface area contributed by atoms with Crippen LogP contribution in [0.25, 0.3) is 0 Å². The van der Waals surface area contributed by atoms with Crippen molar-refractivity contribution in [2.24, 2.45) is 11.7 Å². The second-order valence-corrected chi connectivity index (χ2v) is 5.15. The molecule has 4 nitrogen and oxygen atoms in total. The van der Waals surface area contributed by atoms with Crippen LogP contribution in [-0.4, -0.2) is 42.2 Å². The van der Waals surface area contributed by atoms with Gasteiger partial charge in [0.2, 0.25) is 0 Å². The molecule has 19 heavy (non-hydrogen) atoms. The third kappa shape index (κ3) is 3.55. The summed E-state index contributed by atoms with van der Waals surface area (Å²) in [5.74, 6) is 0.451. The minimum atomic E-state index is 0.0932. The highest BCUT2D eigenvalue weighted by Gasteiger charge is 2.22. The van der Waals surface area contributed by atoms with Crippen LogP contribution >= 0.6 is 0 Å². The summed E-state index contributed by atoms with van der Waals surface area (Å²) in [6.07, 6.45) is 2.64. The van der Waals surface area contributed by atoms with Gasteiger partial charge in [-0.25, -0.2) is 0 Å². The fraction of sp³-hybridized carbons (Fsp3) is 0.533. The number of piperidine rings is 1. The molecule has 4 heteroatoms. The maximum atomic E-state index is 12.3. The van der Waals surface area contributed by atoms with Gasteiger partial charge in [0.25, 0.3) is 5.91 Å². The first-order valence-electron chi connectivity index (χ1n) is 6.93. The molecule has 2 rings (SSSR count). The van der Waals surface area contributed by atoms with Crippen LogP contribution in [-0.2, 0) is 6.42 Å². The largest absolute Gasteiger partial charge is 0.396 e. The molecule has 104 valence electrons. The van der Waals surface area contributed by atoms with E-state index < -0.39 is 0 Å². The van der Waals surface area contributed by atoms with Crippen molar-refractivity contribution in [3.8, 4) is 0 Å². The molecular weight excluding hydrogens is 240 g/mol. The van der Waals surface area contributed by atoms with Gasteiger partial charge in [-0.3, -0.25) is 4.79 Å². The highest BCUT2D eigenvalue weighted by molar-refractivity contribution is 5.94. The number of carbonyl (C=O) groups is 1. The lowest BCUT2D eigenvalue weighted by atomic mass is 9.97. The van der Waals surface area contributed by atoms with E-state index in [1.165, 1.54) is 0 Å². The number of nitrogens with two attached hydrogens (primary N) is 1. The predicted molar refractivity (Wildman–Crippen MR) is 74.9 cm³/mol. The molecule has 1 saturated heterocycles. The molecular formula is C15H22N2O2. The zero-order valence-electron chi connectivity index (χ0n) is 11.2. The molecule has 0 aromatic heterocycles. The maximum absolute atomic E-state index is 12.3. The number of nitrogens with zero attached hydrogens (tertiary/aromatic N) is 1. The van der Waals surface area contributed by atoms with Gasteiger partial charge in [-0.05, 0) is 49.4 Å². The molecule has 0 bridgehead atoms. The van der Waals surface area contributed by atoms with Crippen molar-refractivity contribution in [2.45, 2.75) is 19.3 Å². The van der Waals surface area contributed by atoms with Crippen LogP contribution in [0.1, 0.15) is 28.8 Å². The van der Waals surface area contributed by atoms with E-state index in [0.29, 0.717) is 12.5 Å². The maximum Gasteiger partial charge on any atom is 0.253 e. The van der Waals surface area contributed by atoms with E-state index in [1.807, 2.05) is 29.2 Å². The van der Waals surface area contributed by atoms with Gasteiger partial charge in [-0.2, -0.15) is 0 Å². The lowest BCUT2D eigenvalue weighted by Gasteiger charge is -2.31. The Hall–Kier alpha value is -1.39. The molecule has 1 amide bonds. The van der Waals surface area contributed by atoms with E-state index >= 15 is 0 Å². The lowest BCUT2D eigenvalue weighted by molar-refractivity contribution is 0.0651. The second-order valence-electron chi connectivity index (χ2n) is 5.15. The highest BCUT2D eigenvalue weighted by atomic mass is 16.3. The van der Waals surface area contributed by atoms with Crippen molar-refractivity contribution in [1.82, 2.24) is 4.90 Å². The topological polar surface area (TPSA) is 66.6 Å². The number of amides is 1. The van der Waals surface area contributed by atoms with Crippen LogP contribution in [0.15, 0.2) is 24.3 Å². The zero-order chi connectivity index (χ0) is 13.7. The first kappa shape index (κ1) is 14.0. The Morgan fingerprint density at radius 1 is 1.26 bits per heavy atom. The molecule has 3 N–H and O–H groups in total. The van der Waals surface area contributed by atoms with Gasteiger partial charge >= 0.3 is 0 Å². The molecule has 1 aromatic rings. The summed E-state index contributed by atoms with van der Waals surface area (Å²) >= 11 is 0. The Bertz CT molecular complexity index is 409. The van der Waals surface area contributed by atoms with Crippen molar-refractivity contribution in [3.05, 3.63) is 35.4 Å². The number of hydrogen-bond donors (Lipinski definition) is 2. The standard InChI is InChI=1S/C15H22N2O2/c16-8-5-12-1-3-14(4-2-12)15(19)17-9-6-13(11-18)7-10-17/h1-4,13,18H,5-11,16H2. The fourth-order valence-electron chi connectivity index (χ4n) is 2.48. The van der Waals surface area contributed by atoms with Crippen molar-refractivity contribution in [3.63, 3.8) is 0 Å². The fourth-order valence-corrected chi connectivity index (χ4v) is 2.48. The molecule has 1 aromatic carbocycles. The Balaban J connectivity index is 1.96. The van der Waals surface area contributed by atoms with Gasteiger partial charge in [0.05, 0.1) is 0 Å². The van der Waals surface area contributed by atoms with Crippen LogP contribution in [0.4, 0.5) is 0 Å². The summed E-state index contributed by atoms with van der Waals surface area (Å²) in [5.41, 5.74) is 7.41. The molecule has 0 saturated carbocycles. The first-order valence-corrected chi connectivity index (χ1v) is 6.93. The molecule has 0 atom stereocenters. The van der Waals surface area contributed by atoms with Crippen LogP contribution < -0.4 is 5.73 Å². The van der Waals surface area contributed by atoms with Crippen LogP contribution in [0, 0.1) is 5.92 Å². The van der Waals surface area contributed by atoms with Crippen molar-refractivity contribution < 1.29 is 9.90 Å². The third-order valence-electron chi connectivity index (χ3n) is 3.79. The van der Waals surface area contributed by atoms with E-state index in [9.17, 15) is 4.79 Å². The van der Waals surface area contributed by atoms with Crippen molar-refractivity contribution in [2.75, 3.05) is 26.2 Å². The molecule has 0 radical (unpaired) electrons. The number of likely N-dealkylation sites (tertiary alicyclic amines) is 1. The number of carbonyl (C=O) groups excluding carboxylic acids is 1. The van der Waals surface area contributed by atoms with E-state index in [1.54, 1.807) is 0 Å². The van der Waals surface area contributed by atoms with Crippen LogP contribution in [0.3, 0.4) is 0 Å². The summed E-state index contributed by atoms with van der Waals surface area (Å²) in [6, 6.07) is 7.71. The Morgan fingerprint density at radius 3 is 2.42 bits per heavy atom. The summed E-state index contributed by atoms with van der Waals surface area (Å²) in [4.78, 5) is 14.2. The van der Waals surface area contributed by atoms with E-state index in [4.69, 9.17) is 10.8 Å². The molecule has 0 aliphatic carbocycles. The van der Waals surface area contributed by atoms with Gasteiger partial charge in [0.1, 0.15) is 0 Å². The Kier molecular flexibility index (Phi) is 4.93. The quantitative estimate of drug-likeness (QED) is 0.851. The van der Waals surface area contributed by atoms with Gasteiger partial charge in [-0.15, -0.1) is 0 Å². The number of aliphatic hydroxyl groups excluding tert-OH is 1. The van der Waals surface area contributed by atoms with Gasteiger partial charge < -0.3 is 15.7 Å². The number of rotatable bonds is 4. The van der Waals surface area contributed by atoms with Gasteiger partial charge in [0, 0.05) is 25.3 Å². The normalized spacial score (nSPS) is 16.6. The monoisotopic (exact) mass is 262 g/mol. The zero-order valence-corrected chi connectivity index (χ0v) is 11.2. The SMILES string of the molecule is NCCc1ccc(C(=O)N2CCC(CO)CC2)cc1. The molecule has 0 spiro atoms. The number of benzene rings is 1. The van der Waals surface area contributed by atoms with Gasteiger partial charge in [-0.1, -0.05) is 12.1 Å². The van der Waals surface area contributed by atoms with Crippen molar-refractivity contribution >= 4 is 5.91 Å². The third-order valence-corrected chi connectivity index (χ3v) is 3.79. The smallest absolute Gasteiger partial charge is 0.253 e. The predicted octanol–water partition coefficient (Wildman–Crippen LogP) is 1.03.